The molecule has 3 aliphatic heterocycles. The largest absolute Gasteiger partial charge is 0.477 e. The normalized spacial score (nSPS) is 23.4. The van der Waals surface area contributed by atoms with Crippen molar-refractivity contribution in [2.45, 2.75) is 37.6 Å². The number of carbonyl (C=O) groups excluding carboxylic acids is 4. The van der Waals surface area contributed by atoms with Crippen molar-refractivity contribution in [1.29, 1.82) is 0 Å². The van der Waals surface area contributed by atoms with Gasteiger partial charge in [-0.2, -0.15) is 0 Å². The van der Waals surface area contributed by atoms with Crippen molar-refractivity contribution in [3.8, 4) is 0 Å². The minimum atomic E-state index is -1.29. The second-order valence-corrected chi connectivity index (χ2v) is 9.13. The van der Waals surface area contributed by atoms with Crippen LogP contribution in [0.25, 0.3) is 0 Å². The number of hydrogen-bond acceptors (Lipinski definition) is 8. The molecule has 0 aromatic carbocycles. The van der Waals surface area contributed by atoms with E-state index in [1.165, 1.54) is 18.7 Å². The lowest BCUT2D eigenvalue weighted by atomic mass is 10.0. The molecule has 2 saturated heterocycles. The first-order valence-corrected chi connectivity index (χ1v) is 11.6. The maximum atomic E-state index is 12.5. The molecule has 30 heavy (non-hydrogen) atoms. The van der Waals surface area contributed by atoms with Crippen LogP contribution in [0.5, 0.6) is 0 Å². The number of hydrogen-bond donors (Lipinski definition) is 2. The number of amides is 3. The summed E-state index contributed by atoms with van der Waals surface area (Å²) in [6.45, 7) is 2.41. The quantitative estimate of drug-likeness (QED) is 0.435. The van der Waals surface area contributed by atoms with Gasteiger partial charge in [0, 0.05) is 31.3 Å². The molecule has 2 unspecified atom stereocenters. The first kappa shape index (κ1) is 22.5. The Balaban J connectivity index is 1.55. The van der Waals surface area contributed by atoms with Gasteiger partial charge in [-0.3, -0.25) is 24.1 Å². The molecule has 12 heteroatoms. The molecule has 0 spiro atoms. The summed E-state index contributed by atoms with van der Waals surface area (Å²) in [6, 6.07) is -0.849. The molecule has 3 aliphatic rings. The van der Waals surface area contributed by atoms with Crippen LogP contribution in [0.15, 0.2) is 11.3 Å². The summed E-state index contributed by atoms with van der Waals surface area (Å²) in [5.41, 5.74) is 0.130. The molecule has 0 aliphatic carbocycles. The fraction of sp³-hybridized carbons (Fsp3) is 0.611. The first-order valence-electron chi connectivity index (χ1n) is 9.54. The Labute approximate surface area is 181 Å². The lowest BCUT2D eigenvalue weighted by Crippen LogP contribution is -2.70. The van der Waals surface area contributed by atoms with E-state index in [4.69, 9.17) is 4.74 Å². The predicted octanol–water partition coefficient (Wildman–Crippen LogP) is 0.627. The number of carbonyl (C=O) groups is 5. The standard InChI is InChI=1S/C18H23N3O7S2/c1-10(22)28-7-11-8-29-16-13(15(24)21(16)14(11)17(25)26)19-12(23)9-30-18(27)20-5-3-2-4-6-20/h13,16H,2-9H2,1H3,(H,19,23)(H,25,26). The number of esters is 1. The van der Waals surface area contributed by atoms with Crippen molar-refractivity contribution in [3.05, 3.63) is 11.3 Å². The molecule has 3 rings (SSSR count). The minimum Gasteiger partial charge on any atom is -0.477 e. The summed E-state index contributed by atoms with van der Waals surface area (Å²) >= 11 is 2.20. The van der Waals surface area contributed by atoms with Crippen molar-refractivity contribution in [3.63, 3.8) is 0 Å². The zero-order chi connectivity index (χ0) is 21.8. The van der Waals surface area contributed by atoms with Crippen LogP contribution in [-0.4, -0.2) is 86.5 Å². The van der Waals surface area contributed by atoms with Crippen molar-refractivity contribution in [1.82, 2.24) is 15.1 Å². The summed E-state index contributed by atoms with van der Waals surface area (Å²) in [4.78, 5) is 62.4. The van der Waals surface area contributed by atoms with Crippen LogP contribution in [0.1, 0.15) is 26.2 Å². The minimum absolute atomic E-state index is 0.101. The highest BCUT2D eigenvalue weighted by Crippen LogP contribution is 2.40. The number of carboxylic acid groups (broad SMARTS) is 1. The summed E-state index contributed by atoms with van der Waals surface area (Å²) in [5, 5.41) is 11.4. The van der Waals surface area contributed by atoms with E-state index in [-0.39, 0.29) is 29.0 Å². The van der Waals surface area contributed by atoms with Gasteiger partial charge in [0.05, 0.1) is 5.75 Å². The molecule has 0 radical (unpaired) electrons. The highest BCUT2D eigenvalue weighted by molar-refractivity contribution is 8.14. The molecular weight excluding hydrogens is 434 g/mol. The van der Waals surface area contributed by atoms with Crippen LogP contribution in [0, 0.1) is 0 Å². The lowest BCUT2D eigenvalue weighted by molar-refractivity contribution is -0.150. The maximum Gasteiger partial charge on any atom is 0.352 e. The molecule has 2 fully saturated rings. The summed E-state index contributed by atoms with van der Waals surface area (Å²) < 4.78 is 4.88. The number of likely N-dealkylation sites (tertiary alicyclic amines) is 1. The van der Waals surface area contributed by atoms with E-state index in [0.29, 0.717) is 18.7 Å². The van der Waals surface area contributed by atoms with Crippen LogP contribution in [0.4, 0.5) is 4.79 Å². The predicted molar refractivity (Wildman–Crippen MR) is 110 cm³/mol. The summed E-state index contributed by atoms with van der Waals surface area (Å²) in [5.74, 6) is -2.66. The monoisotopic (exact) mass is 457 g/mol. The van der Waals surface area contributed by atoms with Gasteiger partial charge in [0.15, 0.2) is 0 Å². The third-order valence-electron chi connectivity index (χ3n) is 4.96. The number of β-lactam (4-membered cyclic amide) rings is 1. The van der Waals surface area contributed by atoms with E-state index in [1.807, 2.05) is 0 Å². The molecule has 164 valence electrons. The maximum absolute atomic E-state index is 12.5. The van der Waals surface area contributed by atoms with Crippen LogP contribution in [0.2, 0.25) is 0 Å². The molecule has 0 aromatic rings. The molecular formula is C18H23N3O7S2. The van der Waals surface area contributed by atoms with Crippen LogP contribution < -0.4 is 5.32 Å². The Bertz CT molecular complexity index is 795. The number of rotatable bonds is 6. The number of carboxylic acids is 1. The first-order chi connectivity index (χ1) is 14.3. The fourth-order valence-electron chi connectivity index (χ4n) is 3.49. The smallest absolute Gasteiger partial charge is 0.352 e. The molecule has 3 amide bonds. The third kappa shape index (κ3) is 4.91. The lowest BCUT2D eigenvalue weighted by Gasteiger charge is -2.49. The second kappa shape index (κ2) is 9.73. The van der Waals surface area contributed by atoms with Gasteiger partial charge in [0.1, 0.15) is 23.7 Å². The molecule has 2 atom stereocenters. The van der Waals surface area contributed by atoms with E-state index >= 15 is 0 Å². The Morgan fingerprint density at radius 3 is 2.57 bits per heavy atom. The summed E-state index contributed by atoms with van der Waals surface area (Å²) in [7, 11) is 0. The Kier molecular flexibility index (Phi) is 7.29. The zero-order valence-electron chi connectivity index (χ0n) is 16.4. The van der Waals surface area contributed by atoms with Crippen LogP contribution in [-0.2, 0) is 23.9 Å². The van der Waals surface area contributed by atoms with Crippen molar-refractivity contribution in [2.24, 2.45) is 0 Å². The van der Waals surface area contributed by atoms with Gasteiger partial charge in [0.25, 0.3) is 11.1 Å². The zero-order valence-corrected chi connectivity index (χ0v) is 18.1. The van der Waals surface area contributed by atoms with E-state index in [9.17, 15) is 29.1 Å². The van der Waals surface area contributed by atoms with Crippen molar-refractivity contribution >= 4 is 52.5 Å². The Morgan fingerprint density at radius 2 is 1.93 bits per heavy atom. The molecule has 0 aromatic heterocycles. The van der Waals surface area contributed by atoms with Crippen molar-refractivity contribution in [2.75, 3.05) is 31.2 Å². The Morgan fingerprint density at radius 1 is 1.23 bits per heavy atom. The number of nitrogens with one attached hydrogen (secondary N) is 1. The van der Waals surface area contributed by atoms with Gasteiger partial charge < -0.3 is 20.1 Å². The average Bonchev–Trinajstić information content (AvgIpc) is 2.73. The summed E-state index contributed by atoms with van der Waals surface area (Å²) in [6.07, 6.45) is 3.02. The number of nitrogens with zero attached hydrogens (tertiary/aromatic N) is 2. The van der Waals surface area contributed by atoms with E-state index in [0.717, 1.165) is 35.9 Å². The molecule has 0 bridgehead atoms. The van der Waals surface area contributed by atoms with E-state index < -0.39 is 35.2 Å². The SMILES string of the molecule is CC(=O)OCC1=C(C(=O)O)N2C(=O)C(NC(=O)CSC(=O)N3CCCCC3)C2SC1. The third-order valence-corrected chi connectivity index (χ3v) is 7.21. The Hall–Kier alpha value is -2.21. The topological polar surface area (TPSA) is 133 Å². The van der Waals surface area contributed by atoms with E-state index in [2.05, 4.69) is 5.32 Å². The van der Waals surface area contributed by atoms with Crippen LogP contribution in [0.3, 0.4) is 0 Å². The fourth-order valence-corrected chi connectivity index (χ4v) is 5.52. The number of aliphatic carboxylic acids is 1. The number of fused-ring (bicyclic) bond motifs is 1. The van der Waals surface area contributed by atoms with Gasteiger partial charge in [0.2, 0.25) is 5.91 Å². The van der Waals surface area contributed by atoms with Gasteiger partial charge in [-0.05, 0) is 19.3 Å². The van der Waals surface area contributed by atoms with Gasteiger partial charge in [-0.15, -0.1) is 11.8 Å². The van der Waals surface area contributed by atoms with Crippen LogP contribution >= 0.6 is 23.5 Å². The highest BCUT2D eigenvalue weighted by Gasteiger charge is 2.54. The van der Waals surface area contributed by atoms with Gasteiger partial charge in [-0.25, -0.2) is 4.79 Å². The molecule has 10 nitrogen and oxygen atoms in total. The number of thioether (sulfide) groups is 2. The number of piperidine rings is 1. The van der Waals surface area contributed by atoms with Gasteiger partial charge >= 0.3 is 11.9 Å². The highest BCUT2D eigenvalue weighted by atomic mass is 32.2. The average molecular weight is 458 g/mol. The second-order valence-electron chi connectivity index (χ2n) is 7.09. The van der Waals surface area contributed by atoms with Crippen molar-refractivity contribution < 1.29 is 33.8 Å². The molecule has 2 N–H and O–H groups in total. The molecule has 3 heterocycles. The number of ether oxygens (including phenoxy) is 1. The molecule has 0 saturated carbocycles. The van der Waals surface area contributed by atoms with Gasteiger partial charge in [-0.1, -0.05) is 11.8 Å². The van der Waals surface area contributed by atoms with E-state index in [1.54, 1.807) is 4.90 Å².